The Hall–Kier alpha value is 0.880. The van der Waals surface area contributed by atoms with Crippen molar-refractivity contribution < 1.29 is 9.05 Å². The molecule has 3 nitrogen and oxygen atoms in total. The molecule has 0 radical (unpaired) electrons. The molecule has 0 aliphatic carbocycles. The molecule has 0 unspecified atom stereocenters. The molecule has 0 heterocycles. The molecular weight excluding hydrogens is 213 g/mol. The van der Waals surface area contributed by atoms with Crippen LogP contribution >= 0.6 is 17.3 Å². The highest BCUT2D eigenvalue weighted by Crippen LogP contribution is 2.60. The summed E-state index contributed by atoms with van der Waals surface area (Å²) in [5.74, 6) is 0. The Bertz CT molecular complexity index is 156. The molecule has 0 aromatic carbocycles. The molecule has 0 saturated heterocycles. The SMILES string of the molecule is CCN(CC)SP(=S)(OC)OC. The second-order valence-electron chi connectivity index (χ2n) is 2.01. The molecule has 0 saturated carbocycles. The first-order valence-corrected chi connectivity index (χ1v) is 7.79. The molecule has 0 bridgehead atoms. The topological polar surface area (TPSA) is 21.7 Å². The van der Waals surface area contributed by atoms with E-state index in [-0.39, 0.29) is 0 Å². The van der Waals surface area contributed by atoms with Crippen LogP contribution in [0.15, 0.2) is 0 Å². The van der Waals surface area contributed by atoms with E-state index in [4.69, 9.17) is 20.9 Å². The molecule has 0 aromatic rings. The first-order chi connectivity index (χ1) is 5.61. The summed E-state index contributed by atoms with van der Waals surface area (Å²) >= 11 is 6.71. The predicted molar refractivity (Wildman–Crippen MR) is 58.8 cm³/mol. The fourth-order valence-electron chi connectivity index (χ4n) is 0.622. The van der Waals surface area contributed by atoms with Crippen molar-refractivity contribution in [3.05, 3.63) is 0 Å². The second-order valence-corrected chi connectivity index (χ2v) is 8.38. The fraction of sp³-hybridized carbons (Fsp3) is 1.00. The van der Waals surface area contributed by atoms with Crippen molar-refractivity contribution in [2.75, 3.05) is 27.3 Å². The Morgan fingerprint density at radius 3 is 1.92 bits per heavy atom. The number of hydrogen-bond acceptors (Lipinski definition) is 5. The largest absolute Gasteiger partial charge is 0.324 e. The van der Waals surface area contributed by atoms with Crippen LogP contribution in [0.4, 0.5) is 0 Å². The number of hydrogen-bond donors (Lipinski definition) is 0. The Morgan fingerprint density at radius 1 is 1.25 bits per heavy atom. The minimum absolute atomic E-state index is 0.951. The standard InChI is InChI=1S/C6H16NO2PS2/c1-5-7(6-2)12-10(11,8-3)9-4/h5-6H2,1-4H3. The van der Waals surface area contributed by atoms with Crippen molar-refractivity contribution in [2.45, 2.75) is 13.8 Å². The van der Waals surface area contributed by atoms with Crippen molar-refractivity contribution in [1.82, 2.24) is 4.31 Å². The van der Waals surface area contributed by atoms with E-state index in [0.29, 0.717) is 0 Å². The van der Waals surface area contributed by atoms with Crippen LogP contribution in [-0.2, 0) is 20.9 Å². The second kappa shape index (κ2) is 6.35. The third-order valence-corrected chi connectivity index (χ3v) is 6.89. The summed E-state index contributed by atoms with van der Waals surface area (Å²) < 4.78 is 12.4. The monoisotopic (exact) mass is 229 g/mol. The average molecular weight is 229 g/mol. The Balaban J connectivity index is 4.09. The summed E-state index contributed by atoms with van der Waals surface area (Å²) in [6.07, 6.45) is 0. The zero-order valence-electron chi connectivity index (χ0n) is 7.94. The van der Waals surface area contributed by atoms with E-state index in [9.17, 15) is 0 Å². The van der Waals surface area contributed by atoms with Gasteiger partial charge in [0.2, 0.25) is 0 Å². The van der Waals surface area contributed by atoms with E-state index in [1.165, 1.54) is 11.6 Å². The molecule has 0 amide bonds. The molecule has 0 aromatic heterocycles. The van der Waals surface area contributed by atoms with Gasteiger partial charge in [0.1, 0.15) is 0 Å². The first-order valence-electron chi connectivity index (χ1n) is 3.78. The van der Waals surface area contributed by atoms with Crippen LogP contribution in [0.25, 0.3) is 0 Å². The summed E-state index contributed by atoms with van der Waals surface area (Å²) in [7, 11) is 3.20. The molecule has 0 aliphatic rings. The highest BCUT2D eigenvalue weighted by atomic mass is 32.9. The zero-order chi connectivity index (χ0) is 9.61. The lowest BCUT2D eigenvalue weighted by molar-refractivity contribution is 0.352. The fourth-order valence-corrected chi connectivity index (χ4v) is 4.21. The maximum Gasteiger partial charge on any atom is 0.261 e. The normalized spacial score (nSPS) is 12.4. The van der Waals surface area contributed by atoms with Gasteiger partial charge in [0.15, 0.2) is 0 Å². The number of rotatable bonds is 6. The molecule has 12 heavy (non-hydrogen) atoms. The average Bonchev–Trinajstić information content (AvgIpc) is 2.14. The zero-order valence-corrected chi connectivity index (χ0v) is 10.5. The van der Waals surface area contributed by atoms with Crippen LogP contribution in [0.3, 0.4) is 0 Å². The van der Waals surface area contributed by atoms with Crippen LogP contribution in [-0.4, -0.2) is 31.6 Å². The van der Waals surface area contributed by atoms with E-state index in [2.05, 4.69) is 18.2 Å². The van der Waals surface area contributed by atoms with Gasteiger partial charge >= 0.3 is 0 Å². The summed E-state index contributed by atoms with van der Waals surface area (Å²) in [6.45, 7) is 6.07. The number of nitrogens with zero attached hydrogens (tertiary/aromatic N) is 1. The molecule has 74 valence electrons. The molecular formula is C6H16NO2PS2. The summed E-state index contributed by atoms with van der Waals surface area (Å²) in [6, 6.07) is 0. The van der Waals surface area contributed by atoms with Gasteiger partial charge in [-0.2, -0.15) is 0 Å². The Labute approximate surface area is 83.9 Å². The molecule has 0 N–H and O–H groups in total. The predicted octanol–water partition coefficient (Wildman–Crippen LogP) is 2.49. The van der Waals surface area contributed by atoms with E-state index in [0.717, 1.165) is 13.1 Å². The van der Waals surface area contributed by atoms with Gasteiger partial charge in [-0.25, -0.2) is 4.31 Å². The molecule has 6 heteroatoms. The maximum atomic E-state index is 5.20. The summed E-state index contributed by atoms with van der Waals surface area (Å²) in [5.41, 5.74) is -2.09. The highest BCUT2D eigenvalue weighted by Gasteiger charge is 2.19. The van der Waals surface area contributed by atoms with E-state index < -0.39 is 5.69 Å². The van der Waals surface area contributed by atoms with Gasteiger partial charge in [0, 0.05) is 38.9 Å². The molecule has 0 fully saturated rings. The van der Waals surface area contributed by atoms with Crippen LogP contribution in [0.1, 0.15) is 13.8 Å². The van der Waals surface area contributed by atoms with Crippen molar-refractivity contribution in [3.63, 3.8) is 0 Å². The van der Waals surface area contributed by atoms with Crippen molar-refractivity contribution in [1.29, 1.82) is 0 Å². The smallest absolute Gasteiger partial charge is 0.261 e. The van der Waals surface area contributed by atoms with Crippen molar-refractivity contribution >= 4 is 29.1 Å². The van der Waals surface area contributed by atoms with Crippen LogP contribution in [0, 0.1) is 0 Å². The quantitative estimate of drug-likeness (QED) is 0.514. The third-order valence-electron chi connectivity index (χ3n) is 1.37. The van der Waals surface area contributed by atoms with Gasteiger partial charge in [-0.3, -0.25) is 0 Å². The maximum absolute atomic E-state index is 5.20. The minimum atomic E-state index is -2.09. The molecule has 0 aliphatic heterocycles. The molecule has 0 rings (SSSR count). The summed E-state index contributed by atoms with van der Waals surface area (Å²) in [5, 5.41) is 0. The Kier molecular flexibility index (Phi) is 6.82. The molecule has 0 spiro atoms. The minimum Gasteiger partial charge on any atom is -0.324 e. The van der Waals surface area contributed by atoms with Gasteiger partial charge in [-0.1, -0.05) is 13.8 Å². The van der Waals surface area contributed by atoms with Crippen LogP contribution < -0.4 is 0 Å². The lowest BCUT2D eigenvalue weighted by Gasteiger charge is -2.23. The van der Waals surface area contributed by atoms with Crippen LogP contribution in [0.2, 0.25) is 0 Å². The van der Waals surface area contributed by atoms with Gasteiger partial charge in [0.05, 0.1) is 0 Å². The van der Waals surface area contributed by atoms with Gasteiger partial charge in [-0.15, -0.1) is 0 Å². The first kappa shape index (κ1) is 12.9. The van der Waals surface area contributed by atoms with Crippen molar-refractivity contribution in [3.8, 4) is 0 Å². The van der Waals surface area contributed by atoms with E-state index in [1.807, 2.05) is 0 Å². The van der Waals surface area contributed by atoms with Gasteiger partial charge in [0.25, 0.3) is 5.69 Å². The van der Waals surface area contributed by atoms with E-state index >= 15 is 0 Å². The third kappa shape index (κ3) is 4.21. The summed E-state index contributed by atoms with van der Waals surface area (Å²) in [4.78, 5) is 0. The van der Waals surface area contributed by atoms with E-state index in [1.54, 1.807) is 14.2 Å². The molecule has 0 atom stereocenters. The van der Waals surface area contributed by atoms with Crippen LogP contribution in [0.5, 0.6) is 0 Å². The highest BCUT2D eigenvalue weighted by molar-refractivity contribution is 8.67. The van der Waals surface area contributed by atoms with Gasteiger partial charge < -0.3 is 9.05 Å². The lowest BCUT2D eigenvalue weighted by Crippen LogP contribution is -2.13. The van der Waals surface area contributed by atoms with Gasteiger partial charge in [-0.05, 0) is 11.8 Å². The Morgan fingerprint density at radius 2 is 1.67 bits per heavy atom. The van der Waals surface area contributed by atoms with Crippen molar-refractivity contribution in [2.24, 2.45) is 0 Å². The lowest BCUT2D eigenvalue weighted by atomic mass is 10.7.